The van der Waals surface area contributed by atoms with E-state index in [-0.39, 0.29) is 25.8 Å². The van der Waals surface area contributed by atoms with Gasteiger partial charge < -0.3 is 27.9 Å². The molecule has 0 saturated heterocycles. The van der Waals surface area contributed by atoms with Crippen LogP contribution in [0.2, 0.25) is 0 Å². The number of likely N-dealkylation sites (N-methyl/N-ethyl adjacent to an activating group) is 1. The normalized spacial score (nSPS) is 14.1. The Morgan fingerprint density at radius 3 is 1.54 bits per heavy atom. The first kappa shape index (κ1) is 52.7. The van der Waals surface area contributed by atoms with Gasteiger partial charge in [0.1, 0.15) is 19.3 Å². The fourth-order valence-corrected chi connectivity index (χ4v) is 6.65. The number of phosphoric ester groups is 1. The number of carbonyl (C=O) groups is 1. The lowest BCUT2D eigenvalue weighted by Gasteiger charge is -2.28. The zero-order valence-corrected chi connectivity index (χ0v) is 36.8. The third-order valence-corrected chi connectivity index (χ3v) is 10.4. The molecular formula is C45H86NO7P. The molecule has 9 heteroatoms. The summed E-state index contributed by atoms with van der Waals surface area (Å²) in [5.74, 6) is -0.350. The lowest BCUT2D eigenvalue weighted by Crippen LogP contribution is -2.37. The summed E-state index contributed by atoms with van der Waals surface area (Å²) in [6, 6.07) is 0. The SMILES string of the molecule is CCCCCC/C=C\C/C=C\CCCCCCCC(=O)OC(COCCCCCCCC/C=C\CCCCCCCC)COP(=O)([O-])OCC[N+](C)(C)C. The second kappa shape index (κ2) is 38.6. The number of unbranched alkanes of at least 4 members (excludes halogenated alkanes) is 21. The molecule has 0 saturated carbocycles. The number of ether oxygens (including phenoxy) is 2. The van der Waals surface area contributed by atoms with Crippen molar-refractivity contribution in [2.24, 2.45) is 0 Å². The maximum Gasteiger partial charge on any atom is 0.306 e. The van der Waals surface area contributed by atoms with Crippen LogP contribution in [0.15, 0.2) is 36.5 Å². The summed E-state index contributed by atoms with van der Waals surface area (Å²) < 4.78 is 34.6. The van der Waals surface area contributed by atoms with E-state index in [1.807, 2.05) is 21.1 Å². The van der Waals surface area contributed by atoms with Crippen LogP contribution in [0.3, 0.4) is 0 Å². The van der Waals surface area contributed by atoms with Crippen LogP contribution in [-0.4, -0.2) is 70.7 Å². The molecule has 0 fully saturated rings. The van der Waals surface area contributed by atoms with E-state index in [9.17, 15) is 14.3 Å². The maximum absolute atomic E-state index is 12.7. The molecule has 0 aliphatic rings. The molecule has 0 spiro atoms. The topological polar surface area (TPSA) is 94.1 Å². The van der Waals surface area contributed by atoms with Crippen LogP contribution in [0.25, 0.3) is 0 Å². The molecule has 2 unspecified atom stereocenters. The van der Waals surface area contributed by atoms with Crippen molar-refractivity contribution < 1.29 is 37.3 Å². The molecule has 2 atom stereocenters. The standard InChI is InChI=1S/C45H86NO7P/c1-6-8-10-12-14-16-18-20-22-24-26-28-30-32-34-36-38-45(47)53-44(43-52-54(48,49)51-41-39-46(3,4)5)42-50-40-37-35-33-31-29-27-25-23-21-19-17-15-13-11-9-7-2/h16,18,21-24,44H,6-15,17,19-20,25-43H2,1-5H3/b18-16-,23-21-,24-22-. The second-order valence-corrected chi connectivity index (χ2v) is 17.5. The van der Waals surface area contributed by atoms with Crippen molar-refractivity contribution in [3.8, 4) is 0 Å². The first-order chi connectivity index (χ1) is 26.1. The summed E-state index contributed by atoms with van der Waals surface area (Å²) in [5.41, 5.74) is 0. The Morgan fingerprint density at radius 1 is 0.574 bits per heavy atom. The summed E-state index contributed by atoms with van der Waals surface area (Å²) in [6.45, 7) is 5.36. The molecule has 0 bridgehead atoms. The highest BCUT2D eigenvalue weighted by Gasteiger charge is 2.20. The monoisotopic (exact) mass is 784 g/mol. The van der Waals surface area contributed by atoms with Crippen molar-refractivity contribution in [1.29, 1.82) is 0 Å². The van der Waals surface area contributed by atoms with Crippen LogP contribution in [0.1, 0.15) is 187 Å². The number of quaternary nitrogens is 1. The van der Waals surface area contributed by atoms with Gasteiger partial charge in [-0.25, -0.2) is 0 Å². The van der Waals surface area contributed by atoms with Gasteiger partial charge in [0.25, 0.3) is 7.82 Å². The van der Waals surface area contributed by atoms with Crippen molar-refractivity contribution in [1.82, 2.24) is 0 Å². The average Bonchev–Trinajstić information content (AvgIpc) is 3.12. The molecule has 0 aromatic carbocycles. The van der Waals surface area contributed by atoms with Crippen LogP contribution < -0.4 is 4.89 Å². The Labute approximate surface area is 334 Å². The predicted molar refractivity (Wildman–Crippen MR) is 227 cm³/mol. The molecule has 8 nitrogen and oxygen atoms in total. The van der Waals surface area contributed by atoms with E-state index in [4.69, 9.17) is 18.5 Å². The lowest BCUT2D eigenvalue weighted by molar-refractivity contribution is -0.870. The third kappa shape index (κ3) is 41.9. The number of esters is 1. The lowest BCUT2D eigenvalue weighted by atomic mass is 10.1. The minimum absolute atomic E-state index is 0.0219. The predicted octanol–water partition coefficient (Wildman–Crippen LogP) is 12.4. The van der Waals surface area contributed by atoms with Crippen LogP contribution in [0.4, 0.5) is 0 Å². The molecule has 0 aromatic heterocycles. The van der Waals surface area contributed by atoms with Crippen LogP contribution in [-0.2, 0) is 27.9 Å². The summed E-state index contributed by atoms with van der Waals surface area (Å²) in [5, 5.41) is 0. The third-order valence-electron chi connectivity index (χ3n) is 9.41. The number of hydrogen-bond acceptors (Lipinski definition) is 7. The number of rotatable bonds is 41. The maximum atomic E-state index is 12.7. The number of hydrogen-bond donors (Lipinski definition) is 0. The van der Waals surface area contributed by atoms with Crippen molar-refractivity contribution in [3.05, 3.63) is 36.5 Å². The van der Waals surface area contributed by atoms with Crippen LogP contribution in [0, 0.1) is 0 Å². The van der Waals surface area contributed by atoms with E-state index >= 15 is 0 Å². The highest BCUT2D eigenvalue weighted by atomic mass is 31.2. The van der Waals surface area contributed by atoms with Gasteiger partial charge in [0, 0.05) is 13.0 Å². The van der Waals surface area contributed by atoms with E-state index in [0.717, 1.165) is 57.8 Å². The van der Waals surface area contributed by atoms with Gasteiger partial charge >= 0.3 is 5.97 Å². The summed E-state index contributed by atoms with van der Waals surface area (Å²) in [7, 11) is 1.34. The Morgan fingerprint density at radius 2 is 1.02 bits per heavy atom. The number of allylic oxidation sites excluding steroid dienone is 6. The van der Waals surface area contributed by atoms with Gasteiger partial charge in [0.05, 0.1) is 34.4 Å². The van der Waals surface area contributed by atoms with Crippen LogP contribution >= 0.6 is 7.82 Å². The Balaban J connectivity index is 4.27. The molecule has 0 aliphatic carbocycles. The molecular weight excluding hydrogens is 697 g/mol. The molecule has 0 amide bonds. The van der Waals surface area contributed by atoms with Crippen molar-refractivity contribution in [2.45, 2.75) is 193 Å². The zero-order chi connectivity index (χ0) is 39.9. The van der Waals surface area contributed by atoms with E-state index in [1.54, 1.807) is 0 Å². The fraction of sp³-hybridized carbons (Fsp3) is 0.844. The quantitative estimate of drug-likeness (QED) is 0.0200. The highest BCUT2D eigenvalue weighted by Crippen LogP contribution is 2.38. The molecule has 318 valence electrons. The van der Waals surface area contributed by atoms with Crippen molar-refractivity contribution >= 4 is 13.8 Å². The molecule has 0 aliphatic heterocycles. The Bertz CT molecular complexity index is 962. The van der Waals surface area contributed by atoms with E-state index in [2.05, 4.69) is 50.3 Å². The molecule has 0 rings (SSSR count). The average molecular weight is 784 g/mol. The number of nitrogens with zero attached hydrogens (tertiary/aromatic N) is 1. The second-order valence-electron chi connectivity index (χ2n) is 16.0. The summed E-state index contributed by atoms with van der Waals surface area (Å²) >= 11 is 0. The summed E-state index contributed by atoms with van der Waals surface area (Å²) in [4.78, 5) is 25.0. The van der Waals surface area contributed by atoms with Gasteiger partial charge in [-0.2, -0.15) is 0 Å². The number of phosphoric acid groups is 1. The van der Waals surface area contributed by atoms with E-state index in [0.29, 0.717) is 24.1 Å². The van der Waals surface area contributed by atoms with Gasteiger partial charge in [0.2, 0.25) is 0 Å². The van der Waals surface area contributed by atoms with Crippen LogP contribution in [0.5, 0.6) is 0 Å². The highest BCUT2D eigenvalue weighted by molar-refractivity contribution is 7.45. The smallest absolute Gasteiger partial charge is 0.306 e. The summed E-state index contributed by atoms with van der Waals surface area (Å²) in [6.07, 6.45) is 44.3. The molecule has 54 heavy (non-hydrogen) atoms. The molecule has 0 N–H and O–H groups in total. The Hall–Kier alpha value is -1.28. The van der Waals surface area contributed by atoms with Crippen molar-refractivity contribution in [2.75, 3.05) is 54.1 Å². The van der Waals surface area contributed by atoms with Gasteiger partial charge in [0.15, 0.2) is 0 Å². The van der Waals surface area contributed by atoms with Gasteiger partial charge in [-0.15, -0.1) is 0 Å². The van der Waals surface area contributed by atoms with Crippen molar-refractivity contribution in [3.63, 3.8) is 0 Å². The van der Waals surface area contributed by atoms with E-state index in [1.165, 1.54) is 109 Å². The first-order valence-electron chi connectivity index (χ1n) is 22.2. The first-order valence-corrected chi connectivity index (χ1v) is 23.7. The van der Waals surface area contributed by atoms with Gasteiger partial charge in [-0.05, 0) is 70.6 Å². The molecule has 0 radical (unpaired) electrons. The number of carbonyl (C=O) groups excluding carboxylic acids is 1. The Kier molecular flexibility index (Phi) is 37.7. The molecule has 0 heterocycles. The van der Waals surface area contributed by atoms with Gasteiger partial charge in [-0.3, -0.25) is 9.36 Å². The minimum atomic E-state index is -4.53. The largest absolute Gasteiger partial charge is 0.756 e. The minimum Gasteiger partial charge on any atom is -0.756 e. The molecule has 0 aromatic rings. The van der Waals surface area contributed by atoms with Gasteiger partial charge in [-0.1, -0.05) is 147 Å². The van der Waals surface area contributed by atoms with E-state index < -0.39 is 13.9 Å². The zero-order valence-electron chi connectivity index (χ0n) is 35.9. The fourth-order valence-electron chi connectivity index (χ4n) is 5.92.